The molecule has 2 N–H and O–H groups in total. The van der Waals surface area contributed by atoms with Crippen molar-refractivity contribution in [1.82, 2.24) is 20.4 Å². The van der Waals surface area contributed by atoms with Gasteiger partial charge in [0.05, 0.1) is 19.8 Å². The van der Waals surface area contributed by atoms with Crippen LogP contribution in [0.25, 0.3) is 0 Å². The van der Waals surface area contributed by atoms with E-state index < -0.39 is 18.2 Å². The number of nitrogens with zero attached hydrogens (tertiary/aromatic N) is 3. The lowest BCUT2D eigenvalue weighted by atomic mass is 10.1. The fraction of sp³-hybridized carbons (Fsp3) is 0.750. The molecule has 9 heteroatoms. The number of nitrogens with one attached hydrogen (secondary N) is 2. The second-order valence-corrected chi connectivity index (χ2v) is 4.82. The van der Waals surface area contributed by atoms with Crippen LogP contribution in [0.5, 0.6) is 0 Å². The molecule has 2 saturated heterocycles. The van der Waals surface area contributed by atoms with E-state index in [2.05, 4.69) is 15.6 Å². The smallest absolute Gasteiger partial charge is 0.325 e. The second-order valence-electron chi connectivity index (χ2n) is 4.82. The molecule has 0 spiro atoms. The quantitative estimate of drug-likeness (QED) is 0.575. The van der Waals surface area contributed by atoms with Crippen LogP contribution in [0.2, 0.25) is 0 Å². The lowest BCUT2D eigenvalue weighted by molar-refractivity contribution is -0.127. The summed E-state index contributed by atoms with van der Waals surface area (Å²) in [6.45, 7) is 1.92. The molecule has 2 atom stereocenters. The van der Waals surface area contributed by atoms with Gasteiger partial charge in [-0.2, -0.15) is 0 Å². The number of amides is 3. The summed E-state index contributed by atoms with van der Waals surface area (Å²) in [6.07, 6.45) is -0.426. The number of imide groups is 1. The maximum Gasteiger partial charge on any atom is 0.325 e. The van der Waals surface area contributed by atoms with E-state index in [0.717, 1.165) is 0 Å². The molecule has 0 aromatic carbocycles. The lowest BCUT2D eigenvalue weighted by Crippen LogP contribution is -2.65. The normalized spacial score (nSPS) is 26.9. The zero-order valence-electron chi connectivity index (χ0n) is 12.5. The van der Waals surface area contributed by atoms with Crippen LogP contribution < -0.4 is 10.6 Å². The van der Waals surface area contributed by atoms with Crippen LogP contribution in [0.15, 0.2) is 4.99 Å². The molecule has 2 unspecified atom stereocenters. The first-order chi connectivity index (χ1) is 10.1. The Morgan fingerprint density at radius 1 is 1.24 bits per heavy atom. The molecule has 9 nitrogen and oxygen atoms in total. The summed E-state index contributed by atoms with van der Waals surface area (Å²) in [5.74, 6) is 0.249. The third-order valence-electron chi connectivity index (χ3n) is 3.51. The Balaban J connectivity index is 2.20. The van der Waals surface area contributed by atoms with E-state index in [1.807, 2.05) is 4.90 Å². The molecule has 3 amide bonds. The summed E-state index contributed by atoms with van der Waals surface area (Å²) in [4.78, 5) is 31.5. The monoisotopic (exact) mass is 299 g/mol. The molecule has 0 bridgehead atoms. The number of guanidine groups is 1. The van der Waals surface area contributed by atoms with Gasteiger partial charge < -0.3 is 24.6 Å². The van der Waals surface area contributed by atoms with Crippen LogP contribution in [0.1, 0.15) is 0 Å². The van der Waals surface area contributed by atoms with Crippen LogP contribution in [-0.4, -0.2) is 87.5 Å². The van der Waals surface area contributed by atoms with Crippen LogP contribution >= 0.6 is 0 Å². The van der Waals surface area contributed by atoms with Crippen LogP contribution in [-0.2, 0) is 14.3 Å². The van der Waals surface area contributed by atoms with Crippen molar-refractivity contribution in [3.63, 3.8) is 0 Å². The highest BCUT2D eigenvalue weighted by atomic mass is 16.5. The van der Waals surface area contributed by atoms with Crippen molar-refractivity contribution in [1.29, 1.82) is 0 Å². The Morgan fingerprint density at radius 3 is 2.62 bits per heavy atom. The predicted octanol–water partition coefficient (Wildman–Crippen LogP) is -1.58. The molecule has 2 aliphatic heterocycles. The Kier molecular flexibility index (Phi) is 4.97. The van der Waals surface area contributed by atoms with E-state index in [-0.39, 0.29) is 5.91 Å². The third-order valence-corrected chi connectivity index (χ3v) is 3.51. The van der Waals surface area contributed by atoms with Gasteiger partial charge in [-0.25, -0.2) is 4.79 Å². The average molecular weight is 299 g/mol. The van der Waals surface area contributed by atoms with Gasteiger partial charge in [-0.05, 0) is 0 Å². The number of ether oxygens (including phenoxy) is 2. The van der Waals surface area contributed by atoms with Crippen molar-refractivity contribution in [2.45, 2.75) is 12.2 Å². The van der Waals surface area contributed by atoms with Gasteiger partial charge in [0.1, 0.15) is 6.17 Å². The molecule has 2 heterocycles. The van der Waals surface area contributed by atoms with Gasteiger partial charge in [0.15, 0.2) is 12.0 Å². The van der Waals surface area contributed by atoms with E-state index in [1.54, 1.807) is 21.3 Å². The van der Waals surface area contributed by atoms with Gasteiger partial charge in [0, 0.05) is 27.8 Å². The number of carbonyl (C=O) groups is 2. The molecule has 0 aliphatic carbocycles. The lowest BCUT2D eigenvalue weighted by Gasteiger charge is -2.35. The molecule has 0 aromatic rings. The minimum absolute atomic E-state index is 0.330. The van der Waals surface area contributed by atoms with Gasteiger partial charge in [-0.1, -0.05) is 0 Å². The number of likely N-dealkylation sites (N-methyl/N-ethyl adjacent to an activating group) is 1. The first-order valence-corrected chi connectivity index (χ1v) is 6.73. The van der Waals surface area contributed by atoms with Crippen molar-refractivity contribution in [2.75, 3.05) is 47.6 Å². The molecule has 118 valence electrons. The van der Waals surface area contributed by atoms with Crippen LogP contribution in [0.3, 0.4) is 0 Å². The fourth-order valence-electron chi connectivity index (χ4n) is 2.40. The van der Waals surface area contributed by atoms with E-state index in [1.165, 1.54) is 4.90 Å². The summed E-state index contributed by atoms with van der Waals surface area (Å²) in [5, 5.41) is 5.47. The first kappa shape index (κ1) is 15.5. The summed E-state index contributed by atoms with van der Waals surface area (Å²) in [5.41, 5.74) is 0. The van der Waals surface area contributed by atoms with Gasteiger partial charge in [0.2, 0.25) is 0 Å². The Bertz CT molecular complexity index is 441. The zero-order valence-corrected chi connectivity index (χ0v) is 12.5. The minimum atomic E-state index is -0.510. The predicted molar refractivity (Wildman–Crippen MR) is 74.8 cm³/mol. The van der Waals surface area contributed by atoms with E-state index >= 15 is 0 Å². The van der Waals surface area contributed by atoms with Gasteiger partial charge in [-0.15, -0.1) is 0 Å². The minimum Gasteiger partial charge on any atom is -0.383 e. The molecule has 0 radical (unpaired) electrons. The third kappa shape index (κ3) is 3.08. The van der Waals surface area contributed by atoms with Crippen LogP contribution in [0, 0.1) is 0 Å². The van der Waals surface area contributed by atoms with Gasteiger partial charge in [0.25, 0.3) is 5.91 Å². The van der Waals surface area contributed by atoms with Crippen molar-refractivity contribution in [3.8, 4) is 0 Å². The topological polar surface area (TPSA) is 95.5 Å². The molecule has 0 aromatic heterocycles. The molecule has 2 fully saturated rings. The van der Waals surface area contributed by atoms with E-state index in [9.17, 15) is 9.59 Å². The van der Waals surface area contributed by atoms with Gasteiger partial charge in [-0.3, -0.25) is 15.1 Å². The summed E-state index contributed by atoms with van der Waals surface area (Å²) in [7, 11) is 4.84. The molecular weight excluding hydrogens is 278 g/mol. The van der Waals surface area contributed by atoms with E-state index in [4.69, 9.17) is 9.47 Å². The SMILES string of the molecule is COCCN=C1NC2C(C(=O)NC(=O)N2C)N1CCOC. The Morgan fingerprint density at radius 2 is 1.95 bits per heavy atom. The van der Waals surface area contributed by atoms with Gasteiger partial charge >= 0.3 is 6.03 Å². The fourth-order valence-corrected chi connectivity index (χ4v) is 2.40. The Labute approximate surface area is 123 Å². The molecular formula is C12H21N5O4. The molecule has 21 heavy (non-hydrogen) atoms. The number of hydrogen-bond donors (Lipinski definition) is 2. The van der Waals surface area contributed by atoms with Crippen molar-refractivity contribution >= 4 is 17.9 Å². The number of carbonyl (C=O) groups excluding carboxylic acids is 2. The second kappa shape index (κ2) is 6.72. The number of hydrogen-bond acceptors (Lipinski definition) is 5. The van der Waals surface area contributed by atoms with Crippen molar-refractivity contribution in [3.05, 3.63) is 0 Å². The maximum atomic E-state index is 12.1. The molecule has 0 saturated carbocycles. The summed E-state index contributed by atoms with van der Waals surface area (Å²) >= 11 is 0. The number of urea groups is 1. The number of fused-ring (bicyclic) bond motifs is 1. The van der Waals surface area contributed by atoms with E-state index in [0.29, 0.717) is 32.3 Å². The average Bonchev–Trinajstić information content (AvgIpc) is 2.82. The first-order valence-electron chi connectivity index (χ1n) is 6.73. The number of rotatable bonds is 6. The summed E-state index contributed by atoms with van der Waals surface area (Å²) < 4.78 is 10.1. The maximum absolute atomic E-state index is 12.1. The Hall–Kier alpha value is -1.87. The molecule has 2 rings (SSSR count). The van der Waals surface area contributed by atoms with Crippen LogP contribution in [0.4, 0.5) is 4.79 Å². The molecule has 2 aliphatic rings. The zero-order chi connectivity index (χ0) is 15.4. The van der Waals surface area contributed by atoms with Crippen molar-refractivity contribution in [2.24, 2.45) is 4.99 Å². The highest BCUT2D eigenvalue weighted by molar-refractivity contribution is 6.04. The highest BCUT2D eigenvalue weighted by Gasteiger charge is 2.49. The summed E-state index contributed by atoms with van der Waals surface area (Å²) in [6, 6.07) is -0.928. The highest BCUT2D eigenvalue weighted by Crippen LogP contribution is 2.20. The number of methoxy groups -OCH3 is 2. The van der Waals surface area contributed by atoms with Crippen molar-refractivity contribution < 1.29 is 19.1 Å². The standard InChI is InChI=1S/C12H21N5O4/c1-16-9-8(10(18)15-12(16)19)17(5-7-21-3)11(14-9)13-4-6-20-2/h8-9H,4-7H2,1-3H3,(H,13,14)(H,15,18,19). The number of aliphatic imine (C=N–C) groups is 1. The largest absolute Gasteiger partial charge is 0.383 e.